The molecule has 0 nitrogen and oxygen atoms in total. The van der Waals surface area contributed by atoms with E-state index >= 15 is 0 Å². The topological polar surface area (TPSA) is 0 Å². The van der Waals surface area contributed by atoms with Crippen LogP contribution in [0.1, 0.15) is 11.1 Å². The van der Waals surface area contributed by atoms with Crippen molar-refractivity contribution in [2.24, 2.45) is 0 Å². The SMILES string of the molecule is Cc1ccc2cc[c-](C)c2c1.[Li+]. The molecule has 2 aromatic carbocycles. The molecule has 56 valence electrons. The van der Waals surface area contributed by atoms with E-state index in [4.69, 9.17) is 0 Å². The summed E-state index contributed by atoms with van der Waals surface area (Å²) in [5, 5.41) is 2.75. The molecular formula is C11H11Li. The smallest absolute Gasteiger partial charge is 0.168 e. The average Bonchev–Trinajstić information content (AvgIpc) is 2.33. The maximum Gasteiger partial charge on any atom is 1.00 e. The van der Waals surface area contributed by atoms with Crippen LogP contribution in [0.2, 0.25) is 0 Å². The van der Waals surface area contributed by atoms with Gasteiger partial charge in [-0.2, -0.15) is 12.1 Å². The summed E-state index contributed by atoms with van der Waals surface area (Å²) in [6.45, 7) is 4.29. The molecule has 0 saturated heterocycles. The van der Waals surface area contributed by atoms with E-state index in [1.807, 2.05) is 0 Å². The summed E-state index contributed by atoms with van der Waals surface area (Å²) in [6.07, 6.45) is 0. The number of rotatable bonds is 0. The fraction of sp³-hybridized carbons (Fsp3) is 0.182. The van der Waals surface area contributed by atoms with Crippen LogP contribution in [0.4, 0.5) is 0 Å². The second kappa shape index (κ2) is 3.43. The van der Waals surface area contributed by atoms with Crippen molar-refractivity contribution in [1.82, 2.24) is 0 Å². The predicted octanol–water partition coefficient (Wildman–Crippen LogP) is 0.180. The zero-order valence-corrected chi connectivity index (χ0v) is 7.89. The van der Waals surface area contributed by atoms with Crippen LogP contribution >= 0.6 is 0 Å². The Balaban J connectivity index is 0.000000720. The summed E-state index contributed by atoms with van der Waals surface area (Å²) >= 11 is 0. The quantitative estimate of drug-likeness (QED) is 0.371. The standard InChI is InChI=1S/C11H11.Li/c1-8-3-5-10-6-4-9(2)11(10)7-8;/h3-7H,1-2H3;/q-1;+1. The van der Waals surface area contributed by atoms with Gasteiger partial charge in [0.1, 0.15) is 0 Å². The third-order valence-corrected chi connectivity index (χ3v) is 2.15. The van der Waals surface area contributed by atoms with Gasteiger partial charge in [0.2, 0.25) is 0 Å². The molecule has 0 saturated carbocycles. The van der Waals surface area contributed by atoms with Crippen LogP contribution in [0, 0.1) is 13.8 Å². The third kappa shape index (κ3) is 1.46. The van der Waals surface area contributed by atoms with Gasteiger partial charge in [0.25, 0.3) is 0 Å². The Morgan fingerprint density at radius 3 is 2.67 bits per heavy atom. The molecule has 0 amide bonds. The number of hydrogen-bond donors (Lipinski definition) is 0. The van der Waals surface area contributed by atoms with Gasteiger partial charge in [0.05, 0.1) is 0 Å². The Bertz CT molecular complexity index is 385. The first-order valence-corrected chi connectivity index (χ1v) is 3.90. The fourth-order valence-electron chi connectivity index (χ4n) is 1.46. The summed E-state index contributed by atoms with van der Waals surface area (Å²) in [5.41, 5.74) is 2.72. The Morgan fingerprint density at radius 2 is 1.92 bits per heavy atom. The van der Waals surface area contributed by atoms with Crippen molar-refractivity contribution in [3.63, 3.8) is 0 Å². The molecule has 0 spiro atoms. The molecular weight excluding hydrogens is 139 g/mol. The van der Waals surface area contributed by atoms with E-state index in [0.717, 1.165) is 0 Å². The van der Waals surface area contributed by atoms with Gasteiger partial charge in [0.15, 0.2) is 0 Å². The molecule has 1 heteroatoms. The van der Waals surface area contributed by atoms with E-state index < -0.39 is 0 Å². The molecule has 2 rings (SSSR count). The molecule has 0 aromatic heterocycles. The largest absolute Gasteiger partial charge is 1.00 e. The summed E-state index contributed by atoms with van der Waals surface area (Å²) < 4.78 is 0. The Labute approximate surface area is 85.1 Å². The second-order valence-corrected chi connectivity index (χ2v) is 3.11. The first-order chi connectivity index (χ1) is 5.27. The molecule has 0 atom stereocenters. The number of hydrogen-bond acceptors (Lipinski definition) is 0. The monoisotopic (exact) mass is 150 g/mol. The molecule has 0 aliphatic rings. The van der Waals surface area contributed by atoms with Crippen LogP contribution in [0.3, 0.4) is 0 Å². The van der Waals surface area contributed by atoms with Crippen LogP contribution in [-0.4, -0.2) is 0 Å². The van der Waals surface area contributed by atoms with Gasteiger partial charge in [-0.15, -0.1) is 28.5 Å². The van der Waals surface area contributed by atoms with E-state index in [-0.39, 0.29) is 18.9 Å². The molecule has 0 N–H and O–H groups in total. The van der Waals surface area contributed by atoms with Gasteiger partial charge < -0.3 is 0 Å². The normalized spacial score (nSPS) is 9.83. The zero-order chi connectivity index (χ0) is 7.84. The summed E-state index contributed by atoms with van der Waals surface area (Å²) in [4.78, 5) is 0. The van der Waals surface area contributed by atoms with E-state index in [0.29, 0.717) is 0 Å². The molecule has 12 heavy (non-hydrogen) atoms. The van der Waals surface area contributed by atoms with Crippen molar-refractivity contribution in [2.75, 3.05) is 0 Å². The van der Waals surface area contributed by atoms with E-state index in [2.05, 4.69) is 44.2 Å². The van der Waals surface area contributed by atoms with Gasteiger partial charge in [-0.3, -0.25) is 0 Å². The minimum absolute atomic E-state index is 0. The summed E-state index contributed by atoms with van der Waals surface area (Å²) in [7, 11) is 0. The van der Waals surface area contributed by atoms with E-state index in [1.54, 1.807) is 0 Å². The third-order valence-electron chi connectivity index (χ3n) is 2.15. The molecule has 0 bridgehead atoms. The minimum atomic E-state index is 0. The van der Waals surface area contributed by atoms with Gasteiger partial charge in [0, 0.05) is 0 Å². The maximum absolute atomic E-state index is 2.24. The minimum Gasteiger partial charge on any atom is -0.168 e. The Morgan fingerprint density at radius 1 is 1.17 bits per heavy atom. The van der Waals surface area contributed by atoms with Crippen molar-refractivity contribution < 1.29 is 18.9 Å². The molecule has 2 aromatic rings. The van der Waals surface area contributed by atoms with Crippen molar-refractivity contribution in [3.05, 3.63) is 41.5 Å². The first-order valence-electron chi connectivity index (χ1n) is 3.90. The van der Waals surface area contributed by atoms with Crippen molar-refractivity contribution in [2.45, 2.75) is 13.8 Å². The number of aryl methyl sites for hydroxylation is 2. The van der Waals surface area contributed by atoms with E-state index in [1.165, 1.54) is 21.9 Å². The molecule has 0 heterocycles. The molecule has 0 aliphatic carbocycles. The van der Waals surface area contributed by atoms with Crippen molar-refractivity contribution in [1.29, 1.82) is 0 Å². The predicted molar refractivity (Wildman–Crippen MR) is 49.0 cm³/mol. The Kier molecular flexibility index (Phi) is 2.72. The maximum atomic E-state index is 2.24. The van der Waals surface area contributed by atoms with Gasteiger partial charge in [-0.25, -0.2) is 0 Å². The van der Waals surface area contributed by atoms with Crippen LogP contribution in [0.25, 0.3) is 10.8 Å². The fourth-order valence-corrected chi connectivity index (χ4v) is 1.46. The van der Waals surface area contributed by atoms with Crippen LogP contribution < -0.4 is 18.9 Å². The van der Waals surface area contributed by atoms with Crippen LogP contribution in [0.5, 0.6) is 0 Å². The van der Waals surface area contributed by atoms with Crippen LogP contribution in [-0.2, 0) is 0 Å². The number of benzene rings is 1. The summed E-state index contributed by atoms with van der Waals surface area (Å²) in [6, 6.07) is 10.9. The number of fused-ring (bicyclic) bond motifs is 1. The molecule has 0 radical (unpaired) electrons. The molecule has 0 fully saturated rings. The van der Waals surface area contributed by atoms with Crippen molar-refractivity contribution >= 4 is 10.8 Å². The molecule has 0 unspecified atom stereocenters. The second-order valence-electron chi connectivity index (χ2n) is 3.11. The first kappa shape index (κ1) is 9.51. The Hall–Kier alpha value is -0.573. The van der Waals surface area contributed by atoms with Gasteiger partial charge >= 0.3 is 18.9 Å². The molecule has 0 aliphatic heterocycles. The average molecular weight is 150 g/mol. The van der Waals surface area contributed by atoms with Crippen LogP contribution in [0.15, 0.2) is 30.3 Å². The van der Waals surface area contributed by atoms with Gasteiger partial charge in [-0.1, -0.05) is 18.6 Å². The summed E-state index contributed by atoms with van der Waals surface area (Å²) in [5.74, 6) is 0. The zero-order valence-electron chi connectivity index (χ0n) is 7.89. The van der Waals surface area contributed by atoms with Gasteiger partial charge in [-0.05, 0) is 6.92 Å². The van der Waals surface area contributed by atoms with E-state index in [9.17, 15) is 0 Å². The van der Waals surface area contributed by atoms with Crippen molar-refractivity contribution in [3.8, 4) is 0 Å².